The number of para-hydroxylation sites is 1. The lowest BCUT2D eigenvalue weighted by molar-refractivity contribution is 0.301. The largest absolute Gasteiger partial charge is 0.493 e. The first-order valence-corrected chi connectivity index (χ1v) is 6.83. The average Bonchev–Trinajstić information content (AvgIpc) is 2.40. The molecule has 0 spiro atoms. The lowest BCUT2D eigenvalue weighted by atomic mass is 10.2. The third-order valence-electron chi connectivity index (χ3n) is 2.48. The molecule has 0 heterocycles. The second kappa shape index (κ2) is 9.23. The number of nitrogens with zero attached hydrogens (tertiary/aromatic N) is 3. The van der Waals surface area contributed by atoms with Crippen molar-refractivity contribution in [3.05, 3.63) is 29.8 Å². The Morgan fingerprint density at radius 3 is 2.90 bits per heavy atom. The first-order valence-electron chi connectivity index (χ1n) is 6.38. The predicted molar refractivity (Wildman–Crippen MR) is 84.0 cm³/mol. The Labute approximate surface area is 125 Å². The molecule has 108 valence electrons. The molecule has 1 N–H and O–H groups in total. The minimum atomic E-state index is 0.334. The molecule has 0 radical (unpaired) electrons. The molecule has 0 aliphatic rings. The van der Waals surface area contributed by atoms with Crippen molar-refractivity contribution < 1.29 is 4.74 Å². The van der Waals surface area contributed by atoms with Crippen molar-refractivity contribution in [2.45, 2.75) is 13.0 Å². The zero-order chi connectivity index (χ0) is 14.8. The Morgan fingerprint density at radius 2 is 2.20 bits per heavy atom. The number of amidine groups is 1. The maximum atomic E-state index is 8.34. The number of nitrogens with one attached hydrogen (secondary N) is 1. The van der Waals surface area contributed by atoms with E-state index in [2.05, 4.69) is 33.9 Å². The highest BCUT2D eigenvalue weighted by atomic mass is 32.1. The van der Waals surface area contributed by atoms with Crippen molar-refractivity contribution in [3.63, 3.8) is 0 Å². The van der Waals surface area contributed by atoms with Gasteiger partial charge < -0.3 is 15.0 Å². The van der Waals surface area contributed by atoms with E-state index in [-0.39, 0.29) is 0 Å². The summed E-state index contributed by atoms with van der Waals surface area (Å²) in [7, 11) is 4.06. The third-order valence-corrected chi connectivity index (χ3v) is 2.73. The Bertz CT molecular complexity index is 482. The van der Waals surface area contributed by atoms with Crippen molar-refractivity contribution in [3.8, 4) is 11.9 Å². The molecule has 0 amide bonds. The van der Waals surface area contributed by atoms with E-state index in [1.807, 2.05) is 32.3 Å². The van der Waals surface area contributed by atoms with Gasteiger partial charge in [0, 0.05) is 18.7 Å². The normalized spacial score (nSPS) is 11.2. The summed E-state index contributed by atoms with van der Waals surface area (Å²) in [5, 5.41) is 11.6. The first-order chi connectivity index (χ1) is 9.63. The zero-order valence-corrected chi connectivity index (χ0v) is 12.7. The number of hydrogen-bond acceptors (Lipinski definition) is 4. The van der Waals surface area contributed by atoms with Gasteiger partial charge in [-0.3, -0.25) is 0 Å². The van der Waals surface area contributed by atoms with Crippen molar-refractivity contribution in [1.82, 2.24) is 10.2 Å². The van der Waals surface area contributed by atoms with Gasteiger partial charge in [0.2, 0.25) is 6.19 Å². The van der Waals surface area contributed by atoms with E-state index in [9.17, 15) is 0 Å². The first kappa shape index (κ1) is 16.3. The van der Waals surface area contributed by atoms with Gasteiger partial charge in [-0.05, 0) is 26.6 Å². The molecule has 5 nitrogen and oxygen atoms in total. The summed E-state index contributed by atoms with van der Waals surface area (Å²) in [6.45, 7) is 2.12. The fourth-order valence-electron chi connectivity index (χ4n) is 1.66. The predicted octanol–water partition coefficient (Wildman–Crippen LogP) is 1.87. The molecule has 1 aromatic rings. The molecule has 1 rings (SSSR count). The highest BCUT2D eigenvalue weighted by Gasteiger charge is 2.03. The van der Waals surface area contributed by atoms with Crippen LogP contribution in [-0.4, -0.2) is 37.3 Å². The van der Waals surface area contributed by atoms with Crippen molar-refractivity contribution >= 4 is 17.8 Å². The Balaban J connectivity index is 2.35. The van der Waals surface area contributed by atoms with Crippen molar-refractivity contribution in [1.29, 1.82) is 5.26 Å². The third kappa shape index (κ3) is 6.45. The monoisotopic (exact) mass is 292 g/mol. The highest BCUT2D eigenvalue weighted by molar-refractivity contribution is 7.96. The van der Waals surface area contributed by atoms with Crippen molar-refractivity contribution in [2.24, 2.45) is 4.99 Å². The molecule has 0 atom stereocenters. The van der Waals surface area contributed by atoms with E-state index < -0.39 is 0 Å². The zero-order valence-electron chi connectivity index (χ0n) is 11.8. The van der Waals surface area contributed by atoms with Crippen LogP contribution in [0.1, 0.15) is 12.0 Å². The van der Waals surface area contributed by atoms with Gasteiger partial charge in [-0.2, -0.15) is 5.26 Å². The van der Waals surface area contributed by atoms with Crippen LogP contribution >= 0.6 is 12.6 Å². The molecule has 6 heteroatoms. The van der Waals surface area contributed by atoms with Crippen LogP contribution in [0.25, 0.3) is 0 Å². The minimum Gasteiger partial charge on any atom is -0.493 e. The standard InChI is InChI=1S/C14H20N4OS/c1-18(2)10-12-6-3-4-7-13(12)19-9-5-8-16-14(20)17-11-15/h3-4,6-7H,5,8-10H2,1-2H3,(H2,16,17,20). The maximum absolute atomic E-state index is 8.34. The molecule has 0 fully saturated rings. The van der Waals surface area contributed by atoms with Gasteiger partial charge in [0.05, 0.1) is 6.61 Å². The van der Waals surface area contributed by atoms with E-state index in [0.717, 1.165) is 18.7 Å². The van der Waals surface area contributed by atoms with Crippen LogP contribution in [0.5, 0.6) is 5.75 Å². The minimum absolute atomic E-state index is 0.334. The summed E-state index contributed by atoms with van der Waals surface area (Å²) in [5.74, 6) is 0.915. The summed E-state index contributed by atoms with van der Waals surface area (Å²) in [4.78, 5) is 5.56. The SMILES string of the molecule is CN(C)Cc1ccccc1OCCCNC(S)=NC#N. The average molecular weight is 292 g/mol. The summed E-state index contributed by atoms with van der Waals surface area (Å²) in [5.41, 5.74) is 1.17. The maximum Gasteiger partial charge on any atom is 0.208 e. The van der Waals surface area contributed by atoms with E-state index in [0.29, 0.717) is 18.3 Å². The van der Waals surface area contributed by atoms with Crippen LogP contribution in [0.4, 0.5) is 0 Å². The van der Waals surface area contributed by atoms with Gasteiger partial charge in [0.15, 0.2) is 5.17 Å². The molecule has 0 unspecified atom stereocenters. The molecule has 0 saturated heterocycles. The lowest BCUT2D eigenvalue weighted by Crippen LogP contribution is -2.21. The quantitative estimate of drug-likeness (QED) is 0.265. The van der Waals surface area contributed by atoms with Gasteiger partial charge >= 0.3 is 0 Å². The fourth-order valence-corrected chi connectivity index (χ4v) is 1.81. The van der Waals surface area contributed by atoms with Gasteiger partial charge in [-0.25, -0.2) is 0 Å². The molecule has 0 aliphatic heterocycles. The number of thiol groups is 1. The topological polar surface area (TPSA) is 60.6 Å². The van der Waals surface area contributed by atoms with E-state index >= 15 is 0 Å². The Hall–Kier alpha value is -1.71. The molecule has 20 heavy (non-hydrogen) atoms. The van der Waals surface area contributed by atoms with Crippen LogP contribution < -0.4 is 10.1 Å². The highest BCUT2D eigenvalue weighted by Crippen LogP contribution is 2.19. The Kier molecular flexibility index (Phi) is 7.55. The summed E-state index contributed by atoms with van der Waals surface area (Å²) >= 11 is 4.01. The van der Waals surface area contributed by atoms with Crippen LogP contribution in [0.2, 0.25) is 0 Å². The van der Waals surface area contributed by atoms with Crippen LogP contribution in [0.15, 0.2) is 29.3 Å². The van der Waals surface area contributed by atoms with Crippen LogP contribution in [0, 0.1) is 11.5 Å². The summed E-state index contributed by atoms with van der Waals surface area (Å²) in [6.07, 6.45) is 2.48. The smallest absolute Gasteiger partial charge is 0.208 e. The van der Waals surface area contributed by atoms with Gasteiger partial charge in [-0.15, -0.1) is 17.6 Å². The number of benzene rings is 1. The van der Waals surface area contributed by atoms with Gasteiger partial charge in [-0.1, -0.05) is 18.2 Å². The molecular weight excluding hydrogens is 272 g/mol. The van der Waals surface area contributed by atoms with Crippen LogP contribution in [0.3, 0.4) is 0 Å². The lowest BCUT2D eigenvalue weighted by Gasteiger charge is -2.15. The van der Waals surface area contributed by atoms with Gasteiger partial charge in [0.1, 0.15) is 5.75 Å². The van der Waals surface area contributed by atoms with Gasteiger partial charge in [0.25, 0.3) is 0 Å². The fraction of sp³-hybridized carbons (Fsp3) is 0.429. The molecule has 0 bridgehead atoms. The molecule has 1 aromatic carbocycles. The Morgan fingerprint density at radius 1 is 1.45 bits per heavy atom. The molecule has 0 saturated carbocycles. The van der Waals surface area contributed by atoms with E-state index in [4.69, 9.17) is 10.00 Å². The summed E-state index contributed by atoms with van der Waals surface area (Å²) in [6, 6.07) is 8.03. The van der Waals surface area contributed by atoms with E-state index in [1.165, 1.54) is 5.56 Å². The van der Waals surface area contributed by atoms with E-state index in [1.54, 1.807) is 6.19 Å². The number of aliphatic imine (C=N–C) groups is 1. The number of rotatable bonds is 7. The second-order valence-electron chi connectivity index (χ2n) is 4.51. The number of nitriles is 1. The number of ether oxygens (including phenoxy) is 1. The molecular formula is C14H20N4OS. The van der Waals surface area contributed by atoms with Crippen LogP contribution in [-0.2, 0) is 6.54 Å². The summed E-state index contributed by atoms with van der Waals surface area (Å²) < 4.78 is 5.78. The second-order valence-corrected chi connectivity index (χ2v) is 4.93. The molecule has 0 aromatic heterocycles. The number of hydrogen-bond donors (Lipinski definition) is 2. The van der Waals surface area contributed by atoms with Crippen molar-refractivity contribution in [2.75, 3.05) is 27.2 Å². The molecule has 0 aliphatic carbocycles.